The Morgan fingerprint density at radius 3 is 1.27 bits per heavy atom. The van der Waals surface area contributed by atoms with Crippen molar-refractivity contribution in [3.8, 4) is 0 Å². The van der Waals surface area contributed by atoms with Gasteiger partial charge in [-0.15, -0.1) is 0 Å². The summed E-state index contributed by atoms with van der Waals surface area (Å²) in [6.07, 6.45) is 12.5. The molecule has 0 aromatic rings. The quantitative estimate of drug-likeness (QED) is 0.461. The van der Waals surface area contributed by atoms with Gasteiger partial charge in [0.1, 0.15) is 0 Å². The first-order chi connectivity index (χ1) is 7.24. The second-order valence-corrected chi connectivity index (χ2v) is 3.73. The van der Waals surface area contributed by atoms with Crippen LogP contribution in [0.25, 0.3) is 0 Å². The van der Waals surface area contributed by atoms with E-state index in [1.54, 1.807) is 0 Å². The van der Waals surface area contributed by atoms with Crippen molar-refractivity contribution in [1.82, 2.24) is 0 Å². The zero-order chi connectivity index (χ0) is 12.4. The minimum atomic E-state index is 1.10. The molecule has 0 saturated carbocycles. The Kier molecular flexibility index (Phi) is 39.8. The van der Waals surface area contributed by atoms with E-state index in [4.69, 9.17) is 0 Å². The Hall–Kier alpha value is 0. The standard InChI is InChI=1S/C6H13.C5H12.C4H9/c1-3-5-6-4-2;1-3-5-4-2;1-3-4-2/h1,3-6H2,2H3;3-5H2,1-2H3;3H,4H2,1-2H3. The largest absolute Gasteiger partial charge is 0.0654 e. The highest BCUT2D eigenvalue weighted by Crippen LogP contribution is 1.95. The van der Waals surface area contributed by atoms with Crippen LogP contribution in [-0.2, 0) is 0 Å². The van der Waals surface area contributed by atoms with Gasteiger partial charge in [-0.05, 0) is 6.42 Å². The second kappa shape index (κ2) is 29.2. The fraction of sp³-hybridized carbons (Fsp3) is 0.867. The molecule has 0 aliphatic carbocycles. The summed E-state index contributed by atoms with van der Waals surface area (Å²) < 4.78 is 0. The van der Waals surface area contributed by atoms with Crippen LogP contribution in [0.3, 0.4) is 0 Å². The average Bonchev–Trinajstić information content (AvgIpc) is 2.28. The number of unbranched alkanes of at least 4 members (excludes halogenated alkanes) is 6. The van der Waals surface area contributed by atoms with Crippen LogP contribution in [0.2, 0.25) is 0 Å². The lowest BCUT2D eigenvalue weighted by Gasteiger charge is -1.86. The predicted molar refractivity (Wildman–Crippen MR) is 75.0 cm³/mol. The molecule has 0 aromatic heterocycles. The van der Waals surface area contributed by atoms with E-state index in [1.807, 2.05) is 0 Å². The van der Waals surface area contributed by atoms with E-state index in [-0.39, 0.29) is 0 Å². The van der Waals surface area contributed by atoms with Crippen LogP contribution in [0.1, 0.15) is 86.0 Å². The van der Waals surface area contributed by atoms with E-state index < -0.39 is 0 Å². The highest BCUT2D eigenvalue weighted by atomic mass is 13.8. The lowest BCUT2D eigenvalue weighted by atomic mass is 10.2. The van der Waals surface area contributed by atoms with E-state index in [0.29, 0.717) is 0 Å². The molecule has 0 aliphatic rings. The topological polar surface area (TPSA) is 0 Å². The molecule has 2 radical (unpaired) electrons. The fourth-order valence-corrected chi connectivity index (χ4v) is 0.780. The van der Waals surface area contributed by atoms with Gasteiger partial charge in [-0.2, -0.15) is 0 Å². The SMILES string of the molecule is CCCCC.C[CH]CC.[CH2]CCCCC. The Morgan fingerprint density at radius 1 is 0.800 bits per heavy atom. The predicted octanol–water partition coefficient (Wildman–Crippen LogP) is 6.22. The molecule has 0 fully saturated rings. The highest BCUT2D eigenvalue weighted by molar-refractivity contribution is 4.45. The molecule has 0 unspecified atom stereocenters. The van der Waals surface area contributed by atoms with Crippen molar-refractivity contribution in [2.24, 2.45) is 0 Å². The van der Waals surface area contributed by atoms with Gasteiger partial charge in [0.15, 0.2) is 0 Å². The van der Waals surface area contributed by atoms with Crippen LogP contribution < -0.4 is 0 Å². The summed E-state index contributed by atoms with van der Waals surface area (Å²) in [6.45, 7) is 14.5. The molecule has 0 amide bonds. The third kappa shape index (κ3) is 56.0. The van der Waals surface area contributed by atoms with Crippen molar-refractivity contribution in [2.45, 2.75) is 86.0 Å². The lowest BCUT2D eigenvalue weighted by molar-refractivity contribution is 0.728. The molecule has 94 valence electrons. The minimum absolute atomic E-state index is 1.10. The van der Waals surface area contributed by atoms with Gasteiger partial charge >= 0.3 is 0 Å². The van der Waals surface area contributed by atoms with Crippen molar-refractivity contribution < 1.29 is 0 Å². The third-order valence-corrected chi connectivity index (χ3v) is 1.97. The van der Waals surface area contributed by atoms with Crippen LogP contribution in [0, 0.1) is 13.3 Å². The van der Waals surface area contributed by atoms with Crippen LogP contribution in [0.4, 0.5) is 0 Å². The third-order valence-electron chi connectivity index (χ3n) is 1.97. The van der Waals surface area contributed by atoms with Crippen molar-refractivity contribution in [3.63, 3.8) is 0 Å². The van der Waals surface area contributed by atoms with Crippen molar-refractivity contribution >= 4 is 0 Å². The summed E-state index contributed by atoms with van der Waals surface area (Å²) in [5, 5.41) is 0. The molecule has 0 N–H and O–H groups in total. The first kappa shape index (κ1) is 20.4. The molecule has 0 aliphatic heterocycles. The molecule has 0 aromatic carbocycles. The number of rotatable bonds is 6. The molecule has 0 heterocycles. The van der Waals surface area contributed by atoms with Crippen molar-refractivity contribution in [3.05, 3.63) is 13.3 Å². The van der Waals surface area contributed by atoms with Gasteiger partial charge in [-0.1, -0.05) is 92.9 Å². The zero-order valence-electron chi connectivity index (χ0n) is 11.9. The number of hydrogen-bond acceptors (Lipinski definition) is 0. The maximum Gasteiger partial charge on any atom is -0.0420 e. The number of hydrogen-bond donors (Lipinski definition) is 0. The maximum atomic E-state index is 3.72. The van der Waals surface area contributed by atoms with Gasteiger partial charge < -0.3 is 0 Å². The molecule has 15 heavy (non-hydrogen) atoms. The van der Waals surface area contributed by atoms with Crippen LogP contribution in [-0.4, -0.2) is 0 Å². The normalized spacial score (nSPS) is 8.40. The summed E-state index contributed by atoms with van der Waals surface area (Å²) >= 11 is 0. The molecule has 0 saturated heterocycles. The Bertz CT molecular complexity index is 49.1. The van der Waals surface area contributed by atoms with E-state index in [9.17, 15) is 0 Å². The Balaban J connectivity index is -0.000000147. The molecular weight excluding hydrogens is 180 g/mol. The van der Waals surface area contributed by atoms with Crippen molar-refractivity contribution in [2.75, 3.05) is 0 Å². The fourth-order valence-electron chi connectivity index (χ4n) is 0.780. The minimum Gasteiger partial charge on any atom is -0.0654 e. The monoisotopic (exact) mass is 214 g/mol. The van der Waals surface area contributed by atoms with E-state index in [1.165, 1.54) is 44.9 Å². The van der Waals surface area contributed by atoms with Gasteiger partial charge in [0.2, 0.25) is 0 Å². The van der Waals surface area contributed by atoms with Gasteiger partial charge in [0.25, 0.3) is 0 Å². The van der Waals surface area contributed by atoms with E-state index in [0.717, 1.165) is 6.42 Å². The molecule has 0 rings (SSSR count). The smallest absolute Gasteiger partial charge is 0.0420 e. The van der Waals surface area contributed by atoms with Gasteiger partial charge in [0.05, 0.1) is 0 Å². The van der Waals surface area contributed by atoms with E-state index >= 15 is 0 Å². The van der Waals surface area contributed by atoms with Crippen LogP contribution in [0.5, 0.6) is 0 Å². The Labute approximate surface area is 99.9 Å². The summed E-state index contributed by atoms with van der Waals surface area (Å²) in [5.41, 5.74) is 0. The molecule has 0 heteroatoms. The summed E-state index contributed by atoms with van der Waals surface area (Å²) in [4.78, 5) is 0. The molecule has 0 atom stereocenters. The van der Waals surface area contributed by atoms with Gasteiger partial charge in [0, 0.05) is 0 Å². The zero-order valence-corrected chi connectivity index (χ0v) is 11.9. The molecule has 0 nitrogen and oxygen atoms in total. The van der Waals surface area contributed by atoms with E-state index in [2.05, 4.69) is 48.0 Å². The second-order valence-electron chi connectivity index (χ2n) is 3.73. The summed E-state index contributed by atoms with van der Waals surface area (Å²) in [5.74, 6) is 0. The summed E-state index contributed by atoms with van der Waals surface area (Å²) in [7, 11) is 0. The molecule has 0 spiro atoms. The summed E-state index contributed by atoms with van der Waals surface area (Å²) in [6, 6.07) is 0. The van der Waals surface area contributed by atoms with Gasteiger partial charge in [-0.25, -0.2) is 0 Å². The first-order valence-corrected chi connectivity index (χ1v) is 6.81. The lowest BCUT2D eigenvalue weighted by Crippen LogP contribution is -1.66. The van der Waals surface area contributed by atoms with Crippen molar-refractivity contribution in [1.29, 1.82) is 0 Å². The Morgan fingerprint density at radius 2 is 1.20 bits per heavy atom. The van der Waals surface area contributed by atoms with Crippen LogP contribution >= 0.6 is 0 Å². The van der Waals surface area contributed by atoms with Gasteiger partial charge in [-0.3, -0.25) is 0 Å². The maximum absolute atomic E-state index is 3.72. The molecular formula is C15H34. The molecule has 0 bridgehead atoms. The van der Waals surface area contributed by atoms with Crippen LogP contribution in [0.15, 0.2) is 0 Å². The average molecular weight is 214 g/mol. The highest BCUT2D eigenvalue weighted by Gasteiger charge is 1.75. The first-order valence-electron chi connectivity index (χ1n) is 6.81.